The molecule has 5 heteroatoms. The maximum atomic E-state index is 6.64. The summed E-state index contributed by atoms with van der Waals surface area (Å²) >= 11 is 7.01. The van der Waals surface area contributed by atoms with Crippen molar-refractivity contribution in [1.29, 1.82) is 0 Å². The van der Waals surface area contributed by atoms with E-state index in [1.807, 2.05) is 0 Å². The largest absolute Gasteiger partial charge is 0.455 e. The zero-order valence-electron chi connectivity index (χ0n) is 13.2. The second-order valence-corrected chi connectivity index (χ2v) is 17.1. The van der Waals surface area contributed by atoms with Crippen molar-refractivity contribution < 1.29 is 4.12 Å². The van der Waals surface area contributed by atoms with E-state index in [4.69, 9.17) is 4.12 Å². The quantitative estimate of drug-likeness (QED) is 0.193. The molecule has 0 rings (SSSR count). The van der Waals surface area contributed by atoms with Crippen LogP contribution in [0.25, 0.3) is 0 Å². The standard InChI is InChI=1S/C14H32Br2OSi2/c1-18(2,13-9-5-7-11-15)17-19(3,4)14-10-6-8-12-16/h5-14H2,1-4H3. The Labute approximate surface area is 139 Å². The summed E-state index contributed by atoms with van der Waals surface area (Å²) in [4.78, 5) is 0. The van der Waals surface area contributed by atoms with Crippen LogP contribution < -0.4 is 0 Å². The van der Waals surface area contributed by atoms with Gasteiger partial charge in [0.05, 0.1) is 0 Å². The predicted molar refractivity (Wildman–Crippen MR) is 101 cm³/mol. The molecule has 0 atom stereocenters. The molecular weight excluding hydrogens is 400 g/mol. The van der Waals surface area contributed by atoms with E-state index in [1.54, 1.807) is 0 Å². The molecule has 116 valence electrons. The Hall–Kier alpha value is 1.35. The summed E-state index contributed by atoms with van der Waals surface area (Å²) in [6.45, 7) is 9.64. The van der Waals surface area contributed by atoms with Crippen molar-refractivity contribution in [3.63, 3.8) is 0 Å². The Morgan fingerprint density at radius 2 is 1.00 bits per heavy atom. The van der Waals surface area contributed by atoms with Crippen molar-refractivity contribution >= 4 is 48.5 Å². The SMILES string of the molecule is C[Si](C)(CCCCCBr)O[Si](C)(C)CCCCCBr. The fourth-order valence-corrected chi connectivity index (χ4v) is 12.3. The Bertz CT molecular complexity index is 201. The number of unbranched alkanes of at least 4 members (excludes halogenated alkanes) is 4. The van der Waals surface area contributed by atoms with Crippen LogP contribution in [0, 0.1) is 0 Å². The summed E-state index contributed by atoms with van der Waals surface area (Å²) in [6.07, 6.45) is 7.99. The van der Waals surface area contributed by atoms with E-state index in [1.165, 1.54) is 50.6 Å². The van der Waals surface area contributed by atoms with Crippen LogP contribution in [0.15, 0.2) is 0 Å². The number of halogens is 2. The van der Waals surface area contributed by atoms with Crippen molar-refractivity contribution in [2.24, 2.45) is 0 Å². The van der Waals surface area contributed by atoms with Crippen LogP contribution in [-0.2, 0) is 4.12 Å². The van der Waals surface area contributed by atoms with Crippen LogP contribution >= 0.6 is 31.9 Å². The molecule has 1 nitrogen and oxygen atoms in total. The summed E-state index contributed by atoms with van der Waals surface area (Å²) in [5, 5.41) is 2.29. The van der Waals surface area contributed by atoms with Crippen LogP contribution in [0.4, 0.5) is 0 Å². The van der Waals surface area contributed by atoms with Gasteiger partial charge in [-0.25, -0.2) is 0 Å². The van der Waals surface area contributed by atoms with Gasteiger partial charge in [-0.05, 0) is 51.1 Å². The number of alkyl halides is 2. The fraction of sp³-hybridized carbons (Fsp3) is 1.00. The molecule has 0 spiro atoms. The van der Waals surface area contributed by atoms with Gasteiger partial charge in [0.15, 0.2) is 16.6 Å². The first-order chi connectivity index (χ1) is 8.83. The van der Waals surface area contributed by atoms with Crippen molar-refractivity contribution in [3.05, 3.63) is 0 Å². The molecule has 0 aromatic rings. The molecule has 0 aliphatic carbocycles. The third-order valence-corrected chi connectivity index (χ3v) is 12.0. The van der Waals surface area contributed by atoms with Gasteiger partial charge in [0.25, 0.3) is 0 Å². The van der Waals surface area contributed by atoms with Gasteiger partial charge in [-0.1, -0.05) is 57.5 Å². The van der Waals surface area contributed by atoms with E-state index in [9.17, 15) is 0 Å². The maximum absolute atomic E-state index is 6.64. The Morgan fingerprint density at radius 3 is 1.32 bits per heavy atom. The molecular formula is C14H32Br2OSi2. The van der Waals surface area contributed by atoms with Crippen molar-refractivity contribution in [2.45, 2.75) is 76.8 Å². The molecule has 0 saturated carbocycles. The molecule has 0 bridgehead atoms. The maximum Gasteiger partial charge on any atom is 0.173 e. The minimum Gasteiger partial charge on any atom is -0.455 e. The Kier molecular flexibility index (Phi) is 11.8. The molecule has 0 fully saturated rings. The summed E-state index contributed by atoms with van der Waals surface area (Å²) in [6, 6.07) is 2.66. The second-order valence-electron chi connectivity index (χ2n) is 6.62. The zero-order chi connectivity index (χ0) is 14.8. The van der Waals surface area contributed by atoms with E-state index in [0.29, 0.717) is 0 Å². The van der Waals surface area contributed by atoms with E-state index < -0.39 is 16.6 Å². The fourth-order valence-electron chi connectivity index (χ4n) is 2.49. The van der Waals surface area contributed by atoms with E-state index >= 15 is 0 Å². The second kappa shape index (κ2) is 11.0. The van der Waals surface area contributed by atoms with Gasteiger partial charge in [0.2, 0.25) is 0 Å². The average molecular weight is 432 g/mol. The van der Waals surface area contributed by atoms with Gasteiger partial charge < -0.3 is 4.12 Å². The van der Waals surface area contributed by atoms with Gasteiger partial charge in [0.1, 0.15) is 0 Å². The molecule has 0 saturated heterocycles. The first-order valence-electron chi connectivity index (χ1n) is 7.65. The van der Waals surface area contributed by atoms with E-state index in [2.05, 4.69) is 58.0 Å². The summed E-state index contributed by atoms with van der Waals surface area (Å²) in [7, 11) is -2.84. The molecule has 0 aliphatic rings. The topological polar surface area (TPSA) is 9.23 Å². The zero-order valence-corrected chi connectivity index (χ0v) is 18.4. The van der Waals surface area contributed by atoms with Crippen LogP contribution in [0.3, 0.4) is 0 Å². The summed E-state index contributed by atoms with van der Waals surface area (Å²) < 4.78 is 6.64. The lowest BCUT2D eigenvalue weighted by Crippen LogP contribution is -2.44. The van der Waals surface area contributed by atoms with Crippen LogP contribution in [0.5, 0.6) is 0 Å². The number of hydrogen-bond acceptors (Lipinski definition) is 1. The highest BCUT2D eigenvalue weighted by atomic mass is 79.9. The van der Waals surface area contributed by atoms with Gasteiger partial charge in [0, 0.05) is 10.7 Å². The Balaban J connectivity index is 3.93. The average Bonchev–Trinajstić information content (AvgIpc) is 2.29. The lowest BCUT2D eigenvalue weighted by Gasteiger charge is -2.34. The Morgan fingerprint density at radius 1 is 0.632 bits per heavy atom. The molecule has 19 heavy (non-hydrogen) atoms. The molecule has 0 unspecified atom stereocenters. The molecule has 0 aliphatic heterocycles. The van der Waals surface area contributed by atoms with Crippen molar-refractivity contribution in [2.75, 3.05) is 10.7 Å². The molecule has 0 amide bonds. The van der Waals surface area contributed by atoms with Crippen LogP contribution in [-0.4, -0.2) is 27.3 Å². The first kappa shape index (κ1) is 20.4. The lowest BCUT2D eigenvalue weighted by molar-refractivity contribution is 0.525. The number of rotatable bonds is 12. The summed E-state index contributed by atoms with van der Waals surface area (Å²) in [5.74, 6) is 0. The van der Waals surface area contributed by atoms with Crippen molar-refractivity contribution in [1.82, 2.24) is 0 Å². The molecule has 0 radical (unpaired) electrons. The predicted octanol–water partition coefficient (Wildman–Crippen LogP) is 6.54. The van der Waals surface area contributed by atoms with Gasteiger partial charge in [-0.3, -0.25) is 0 Å². The normalized spacial score (nSPS) is 12.9. The van der Waals surface area contributed by atoms with E-state index in [-0.39, 0.29) is 0 Å². The molecule has 0 heterocycles. The lowest BCUT2D eigenvalue weighted by atomic mass is 10.3. The van der Waals surface area contributed by atoms with Crippen LogP contribution in [0.1, 0.15) is 38.5 Å². The molecule has 0 aromatic carbocycles. The number of hydrogen-bond donors (Lipinski definition) is 0. The third kappa shape index (κ3) is 12.8. The summed E-state index contributed by atoms with van der Waals surface area (Å²) in [5.41, 5.74) is 0. The molecule has 0 N–H and O–H groups in total. The smallest absolute Gasteiger partial charge is 0.173 e. The highest BCUT2D eigenvalue weighted by molar-refractivity contribution is 9.09. The molecule has 0 aromatic heterocycles. The van der Waals surface area contributed by atoms with Gasteiger partial charge in [-0.15, -0.1) is 0 Å². The van der Waals surface area contributed by atoms with Crippen LogP contribution in [0.2, 0.25) is 38.3 Å². The first-order valence-corrected chi connectivity index (χ1v) is 16.1. The minimum atomic E-state index is -1.42. The van der Waals surface area contributed by atoms with Gasteiger partial charge >= 0.3 is 0 Å². The van der Waals surface area contributed by atoms with E-state index in [0.717, 1.165) is 10.7 Å². The highest BCUT2D eigenvalue weighted by Crippen LogP contribution is 2.25. The third-order valence-electron chi connectivity index (χ3n) is 3.38. The minimum absolute atomic E-state index is 1.14. The van der Waals surface area contributed by atoms with Gasteiger partial charge in [-0.2, -0.15) is 0 Å². The van der Waals surface area contributed by atoms with Crippen molar-refractivity contribution in [3.8, 4) is 0 Å². The highest BCUT2D eigenvalue weighted by Gasteiger charge is 2.31. The monoisotopic (exact) mass is 430 g/mol.